The zero-order valence-corrected chi connectivity index (χ0v) is 29.4. The molecule has 3 aromatic carbocycles. The van der Waals surface area contributed by atoms with E-state index in [-0.39, 0.29) is 36.6 Å². The third-order valence-electron chi connectivity index (χ3n) is 9.19. The van der Waals surface area contributed by atoms with Gasteiger partial charge in [-0.3, -0.25) is 4.79 Å². The molecule has 0 aliphatic carbocycles. The summed E-state index contributed by atoms with van der Waals surface area (Å²) >= 11 is 0. The van der Waals surface area contributed by atoms with E-state index in [0.717, 1.165) is 18.2 Å². The number of alkyl halides is 12. The van der Waals surface area contributed by atoms with Crippen molar-refractivity contribution in [1.82, 2.24) is 0 Å². The van der Waals surface area contributed by atoms with Crippen LogP contribution in [0.5, 0.6) is 11.5 Å². The maximum absolute atomic E-state index is 14.2. The molecule has 1 atom stereocenters. The van der Waals surface area contributed by atoms with Crippen molar-refractivity contribution in [3.63, 3.8) is 0 Å². The number of carbonyl (C=O) groups excluding carboxylic acids is 2. The number of carbonyl (C=O) groups is 2. The molecule has 0 bridgehead atoms. The van der Waals surface area contributed by atoms with Crippen LogP contribution in [0.1, 0.15) is 79.3 Å². The molecule has 0 amide bonds. The second-order valence-corrected chi connectivity index (χ2v) is 13.4. The van der Waals surface area contributed by atoms with E-state index in [0.29, 0.717) is 18.2 Å². The number of hydrogen-bond donors (Lipinski definition) is 3. The topological polar surface area (TPSA) is 113 Å². The highest BCUT2D eigenvalue weighted by Crippen LogP contribution is 2.55. The number of hydrogen-bond acceptors (Lipinski definition) is 7. The molecule has 7 nitrogen and oxygen atoms in total. The van der Waals surface area contributed by atoms with E-state index >= 15 is 0 Å². The van der Waals surface area contributed by atoms with E-state index in [9.17, 15) is 77.6 Å². The number of aliphatic hydroxyl groups is 3. The van der Waals surface area contributed by atoms with Crippen LogP contribution < -0.4 is 9.47 Å². The predicted octanol–water partition coefficient (Wildman–Crippen LogP) is 9.36. The summed E-state index contributed by atoms with van der Waals surface area (Å²) in [7, 11) is 0. The van der Waals surface area contributed by atoms with Crippen molar-refractivity contribution in [3.8, 4) is 22.6 Å². The highest BCUT2D eigenvalue weighted by molar-refractivity contribution is 6.02. The summed E-state index contributed by atoms with van der Waals surface area (Å²) in [6.07, 6.45) is -26.2. The largest absolute Gasteiger partial charge is 0.487 e. The van der Waals surface area contributed by atoms with Gasteiger partial charge in [0.1, 0.15) is 17.1 Å². The van der Waals surface area contributed by atoms with Gasteiger partial charge in [-0.15, -0.1) is 0 Å². The zero-order chi connectivity index (χ0) is 42.4. The van der Waals surface area contributed by atoms with Gasteiger partial charge in [-0.2, -0.15) is 52.7 Å². The van der Waals surface area contributed by atoms with Gasteiger partial charge in [0.25, 0.3) is 11.2 Å². The first-order valence-corrected chi connectivity index (χ1v) is 16.0. The summed E-state index contributed by atoms with van der Waals surface area (Å²) in [6.45, 7) is 6.27. The maximum Gasteiger partial charge on any atom is 0.430 e. The highest BCUT2D eigenvalue weighted by Gasteiger charge is 2.73. The number of aliphatic hydroxyl groups excluding tert-OH is 1. The highest BCUT2D eigenvalue weighted by atomic mass is 19.4. The first-order chi connectivity index (χ1) is 24.8. The fourth-order valence-electron chi connectivity index (χ4n) is 5.10. The Labute approximate surface area is 305 Å². The molecule has 0 aromatic heterocycles. The van der Waals surface area contributed by atoms with E-state index in [4.69, 9.17) is 9.47 Å². The molecule has 3 rings (SSSR count). The number of ketones is 1. The minimum atomic E-state index is -6.65. The number of rotatable bonds is 12. The lowest BCUT2D eigenvalue weighted by atomic mass is 9.80. The van der Waals surface area contributed by atoms with Gasteiger partial charge < -0.3 is 24.8 Å². The molecule has 1 unspecified atom stereocenters. The SMILES string of the molecule is CCC(C)(C)Oc1ccc(-c2ccc(OC(=O)c3cccc(C(=O)C(C)(CC)CO)c3)c(C(O)(C(F)(F)F)C(F)(F)F)c2)cc1C(O)(C(F)(F)F)C(F)(F)F. The average Bonchev–Trinajstić information content (AvgIpc) is 3.08. The number of halogens is 12. The molecule has 304 valence electrons. The summed E-state index contributed by atoms with van der Waals surface area (Å²) in [4.78, 5) is 26.1. The van der Waals surface area contributed by atoms with Crippen molar-refractivity contribution in [2.45, 2.75) is 89.0 Å². The molecule has 0 saturated carbocycles. The first kappa shape index (κ1) is 45.0. The van der Waals surface area contributed by atoms with Crippen LogP contribution in [-0.4, -0.2) is 64.0 Å². The average molecular weight is 807 g/mol. The Morgan fingerprint density at radius 1 is 0.600 bits per heavy atom. The minimum absolute atomic E-state index is 0.00790. The lowest BCUT2D eigenvalue weighted by molar-refractivity contribution is -0.377. The predicted molar refractivity (Wildman–Crippen MR) is 170 cm³/mol. The van der Waals surface area contributed by atoms with Gasteiger partial charge in [-0.05, 0) is 74.2 Å². The molecule has 0 saturated heterocycles. The van der Waals surface area contributed by atoms with Gasteiger partial charge in [0.2, 0.25) is 0 Å². The Balaban J connectivity index is 2.36. The second kappa shape index (κ2) is 14.9. The van der Waals surface area contributed by atoms with Gasteiger partial charge in [-0.1, -0.05) is 45.0 Å². The van der Waals surface area contributed by atoms with Gasteiger partial charge in [0, 0.05) is 16.7 Å². The van der Waals surface area contributed by atoms with Crippen molar-refractivity contribution in [2.24, 2.45) is 5.41 Å². The molecule has 0 spiro atoms. The Kier molecular flexibility index (Phi) is 12.2. The fourth-order valence-corrected chi connectivity index (χ4v) is 5.10. The van der Waals surface area contributed by atoms with E-state index in [1.54, 1.807) is 6.92 Å². The zero-order valence-electron chi connectivity index (χ0n) is 29.4. The van der Waals surface area contributed by atoms with Crippen LogP contribution in [0, 0.1) is 5.41 Å². The normalized spacial score (nSPS) is 14.7. The van der Waals surface area contributed by atoms with Gasteiger partial charge in [0.05, 0.1) is 17.6 Å². The molecule has 0 aliphatic heterocycles. The number of Topliss-reactive ketones (excluding diaryl/α,β-unsaturated/α-hetero) is 1. The molecular formula is C36H34F12O7. The summed E-state index contributed by atoms with van der Waals surface area (Å²) in [5.41, 5.74) is -21.4. The maximum atomic E-state index is 14.2. The summed E-state index contributed by atoms with van der Waals surface area (Å²) in [5, 5.41) is 30.4. The van der Waals surface area contributed by atoms with Crippen LogP contribution in [0.2, 0.25) is 0 Å². The van der Waals surface area contributed by atoms with Crippen molar-refractivity contribution < 1.29 is 87.1 Å². The molecule has 0 radical (unpaired) electrons. The molecule has 0 fully saturated rings. The molecule has 0 heterocycles. The molecule has 3 N–H and O–H groups in total. The first-order valence-electron chi connectivity index (χ1n) is 16.0. The fraction of sp³-hybridized carbons (Fsp3) is 0.444. The Morgan fingerprint density at radius 2 is 1.02 bits per heavy atom. The summed E-state index contributed by atoms with van der Waals surface area (Å²) < 4.78 is 180. The van der Waals surface area contributed by atoms with E-state index in [1.807, 2.05) is 0 Å². The smallest absolute Gasteiger partial charge is 0.430 e. The van der Waals surface area contributed by atoms with Gasteiger partial charge in [0.15, 0.2) is 5.78 Å². The Hall–Kier alpha value is -4.36. The van der Waals surface area contributed by atoms with Crippen molar-refractivity contribution in [2.75, 3.05) is 6.61 Å². The van der Waals surface area contributed by atoms with Gasteiger partial charge >= 0.3 is 30.7 Å². The number of ether oxygens (including phenoxy) is 2. The quantitative estimate of drug-likeness (QED) is 0.0724. The lowest BCUT2D eigenvalue weighted by Crippen LogP contribution is -2.54. The molecule has 19 heteroatoms. The van der Waals surface area contributed by atoms with E-state index in [2.05, 4.69) is 0 Å². The molecular weight excluding hydrogens is 772 g/mol. The number of esters is 1. The van der Waals surface area contributed by atoms with E-state index in [1.165, 1.54) is 33.8 Å². The van der Waals surface area contributed by atoms with Crippen molar-refractivity contribution >= 4 is 11.8 Å². The molecule has 3 aromatic rings. The number of benzene rings is 3. The second-order valence-electron chi connectivity index (χ2n) is 13.4. The summed E-state index contributed by atoms with van der Waals surface area (Å²) in [6, 6.07) is 5.98. The van der Waals surface area contributed by atoms with E-state index < -0.39 is 105 Å². The third kappa shape index (κ3) is 8.42. The molecule has 0 aliphatic rings. The van der Waals surface area contributed by atoms with Crippen LogP contribution in [0.3, 0.4) is 0 Å². The third-order valence-corrected chi connectivity index (χ3v) is 9.19. The van der Waals surface area contributed by atoms with Crippen LogP contribution in [0.25, 0.3) is 11.1 Å². The Morgan fingerprint density at radius 3 is 1.42 bits per heavy atom. The standard InChI is InChI=1S/C36H34F12O7/c1-6-29(3,4)55-26-14-12-20(17-24(26)32(53,35(43,44)45)36(46,47)48)19-11-13-25(23(16-19)31(52,33(37,38)39)34(40,41)42)54-28(51)22-10-8-9-21(15-22)27(50)30(5,7-2)18-49/h8-17,49,52-53H,6-7,18H2,1-5H3. The molecule has 55 heavy (non-hydrogen) atoms. The Bertz CT molecular complexity index is 1860. The van der Waals surface area contributed by atoms with Crippen LogP contribution in [-0.2, 0) is 11.2 Å². The summed E-state index contributed by atoms with van der Waals surface area (Å²) in [5.74, 6) is -5.17. The minimum Gasteiger partial charge on any atom is -0.487 e. The van der Waals surface area contributed by atoms with Crippen molar-refractivity contribution in [3.05, 3.63) is 82.9 Å². The lowest BCUT2D eigenvalue weighted by Gasteiger charge is -2.36. The van der Waals surface area contributed by atoms with Gasteiger partial charge in [-0.25, -0.2) is 4.79 Å². The monoisotopic (exact) mass is 806 g/mol. The van der Waals surface area contributed by atoms with Crippen LogP contribution in [0.15, 0.2) is 60.7 Å². The van der Waals surface area contributed by atoms with Crippen LogP contribution >= 0.6 is 0 Å². The van der Waals surface area contributed by atoms with Crippen LogP contribution in [0.4, 0.5) is 52.7 Å². The van der Waals surface area contributed by atoms with Crippen molar-refractivity contribution in [1.29, 1.82) is 0 Å².